The summed E-state index contributed by atoms with van der Waals surface area (Å²) in [5.41, 5.74) is 11.6. The zero-order chi connectivity index (χ0) is 15.6. The predicted octanol–water partition coefficient (Wildman–Crippen LogP) is 2.93. The number of rotatable bonds is 4. The molecular formula is C17H22N4. The number of benzene rings is 1. The predicted molar refractivity (Wildman–Crippen MR) is 88.0 cm³/mol. The zero-order valence-corrected chi connectivity index (χ0v) is 13.1. The molecular weight excluding hydrogens is 260 g/mol. The van der Waals surface area contributed by atoms with Crippen molar-refractivity contribution < 1.29 is 0 Å². The Morgan fingerprint density at radius 2 is 1.95 bits per heavy atom. The highest BCUT2D eigenvalue weighted by Gasteiger charge is 2.15. The Hall–Kier alpha value is -2.36. The van der Waals surface area contributed by atoms with Gasteiger partial charge in [-0.3, -0.25) is 10.4 Å². The SMILES string of the molecule is Cc1cccc(CN(C)c2cc(C)nc(C)c2C(=N)N)c1. The number of hydrogen-bond acceptors (Lipinski definition) is 3. The smallest absolute Gasteiger partial charge is 0.126 e. The fraction of sp³-hybridized carbons (Fsp3) is 0.294. The van der Waals surface area contributed by atoms with Crippen LogP contribution in [-0.2, 0) is 6.54 Å². The lowest BCUT2D eigenvalue weighted by Gasteiger charge is -2.24. The highest BCUT2D eigenvalue weighted by Crippen LogP contribution is 2.24. The van der Waals surface area contributed by atoms with Crippen molar-refractivity contribution in [3.8, 4) is 0 Å². The van der Waals surface area contributed by atoms with Crippen molar-refractivity contribution in [3.05, 3.63) is 58.4 Å². The number of anilines is 1. The van der Waals surface area contributed by atoms with Crippen molar-refractivity contribution in [1.29, 1.82) is 5.41 Å². The molecule has 0 aliphatic rings. The maximum atomic E-state index is 7.81. The second-order valence-corrected chi connectivity index (χ2v) is 5.50. The number of nitrogens with two attached hydrogens (primary N) is 1. The highest BCUT2D eigenvalue weighted by atomic mass is 15.1. The number of pyridine rings is 1. The van der Waals surface area contributed by atoms with Crippen LogP contribution in [0.15, 0.2) is 30.3 Å². The van der Waals surface area contributed by atoms with Crippen molar-refractivity contribution in [3.63, 3.8) is 0 Å². The first-order valence-corrected chi connectivity index (χ1v) is 6.98. The summed E-state index contributed by atoms with van der Waals surface area (Å²) in [4.78, 5) is 6.53. The topological polar surface area (TPSA) is 66.0 Å². The first kappa shape index (κ1) is 15.0. The standard InChI is InChI=1S/C17H22N4/c1-11-6-5-7-14(8-11)10-21(4)15-9-12(2)20-13(3)16(15)17(18)19/h5-9H,10H2,1-4H3,(H3,18,19). The third kappa shape index (κ3) is 3.40. The van der Waals surface area contributed by atoms with Gasteiger partial charge in [0.25, 0.3) is 0 Å². The highest BCUT2D eigenvalue weighted by molar-refractivity contribution is 6.01. The molecule has 0 bridgehead atoms. The lowest BCUT2D eigenvalue weighted by Crippen LogP contribution is -2.24. The number of amidine groups is 1. The molecule has 2 aromatic rings. The molecule has 0 aliphatic heterocycles. The van der Waals surface area contributed by atoms with E-state index in [4.69, 9.17) is 11.1 Å². The minimum absolute atomic E-state index is 0.0612. The van der Waals surface area contributed by atoms with E-state index in [9.17, 15) is 0 Å². The molecule has 1 aromatic carbocycles. The number of nitrogens with zero attached hydrogens (tertiary/aromatic N) is 2. The van der Waals surface area contributed by atoms with Gasteiger partial charge in [-0.25, -0.2) is 0 Å². The average molecular weight is 282 g/mol. The fourth-order valence-electron chi connectivity index (χ4n) is 2.61. The molecule has 0 radical (unpaired) electrons. The maximum absolute atomic E-state index is 7.81. The third-order valence-corrected chi connectivity index (χ3v) is 3.49. The van der Waals surface area contributed by atoms with E-state index in [-0.39, 0.29) is 5.84 Å². The van der Waals surface area contributed by atoms with Crippen LogP contribution >= 0.6 is 0 Å². The Bertz CT molecular complexity index is 676. The van der Waals surface area contributed by atoms with E-state index in [0.29, 0.717) is 0 Å². The van der Waals surface area contributed by atoms with Gasteiger partial charge in [0.2, 0.25) is 0 Å². The van der Waals surface area contributed by atoms with Crippen LogP contribution in [0.3, 0.4) is 0 Å². The molecule has 0 unspecified atom stereocenters. The van der Waals surface area contributed by atoms with Crippen LogP contribution in [0.2, 0.25) is 0 Å². The van der Waals surface area contributed by atoms with Crippen LogP contribution in [0.25, 0.3) is 0 Å². The Kier molecular flexibility index (Phi) is 4.26. The number of aryl methyl sites for hydroxylation is 3. The van der Waals surface area contributed by atoms with Crippen molar-refractivity contribution in [2.24, 2.45) is 5.73 Å². The summed E-state index contributed by atoms with van der Waals surface area (Å²) in [7, 11) is 2.02. The Morgan fingerprint density at radius 1 is 1.24 bits per heavy atom. The summed E-state index contributed by atoms with van der Waals surface area (Å²) in [6.45, 7) is 6.71. The first-order valence-electron chi connectivity index (χ1n) is 6.98. The molecule has 2 rings (SSSR count). The third-order valence-electron chi connectivity index (χ3n) is 3.49. The average Bonchev–Trinajstić information content (AvgIpc) is 2.37. The van der Waals surface area contributed by atoms with Gasteiger partial charge in [0.15, 0.2) is 0 Å². The van der Waals surface area contributed by atoms with Crippen LogP contribution in [0.5, 0.6) is 0 Å². The lowest BCUT2D eigenvalue weighted by molar-refractivity contribution is 0.910. The zero-order valence-electron chi connectivity index (χ0n) is 13.1. The van der Waals surface area contributed by atoms with Gasteiger partial charge in [0.1, 0.15) is 5.84 Å². The van der Waals surface area contributed by atoms with Crippen LogP contribution in [0.1, 0.15) is 28.1 Å². The summed E-state index contributed by atoms with van der Waals surface area (Å²) < 4.78 is 0. The van der Waals surface area contributed by atoms with Crippen molar-refractivity contribution in [2.75, 3.05) is 11.9 Å². The van der Waals surface area contributed by atoms with Crippen LogP contribution in [-0.4, -0.2) is 17.9 Å². The van der Waals surface area contributed by atoms with Gasteiger partial charge >= 0.3 is 0 Å². The second kappa shape index (κ2) is 5.95. The minimum atomic E-state index is 0.0612. The molecule has 0 atom stereocenters. The molecule has 21 heavy (non-hydrogen) atoms. The van der Waals surface area contributed by atoms with Gasteiger partial charge in [-0.2, -0.15) is 0 Å². The molecule has 1 aromatic heterocycles. The maximum Gasteiger partial charge on any atom is 0.126 e. The fourth-order valence-corrected chi connectivity index (χ4v) is 2.61. The summed E-state index contributed by atoms with van der Waals surface area (Å²) in [6.07, 6.45) is 0. The molecule has 1 heterocycles. The Balaban J connectivity index is 2.39. The van der Waals surface area contributed by atoms with Crippen LogP contribution in [0, 0.1) is 26.2 Å². The summed E-state index contributed by atoms with van der Waals surface area (Å²) in [5, 5.41) is 7.81. The van der Waals surface area contributed by atoms with E-state index in [1.165, 1.54) is 11.1 Å². The summed E-state index contributed by atoms with van der Waals surface area (Å²) in [5.74, 6) is 0.0612. The van der Waals surface area contributed by atoms with Crippen molar-refractivity contribution >= 4 is 11.5 Å². The Labute approximate surface area is 126 Å². The first-order chi connectivity index (χ1) is 9.88. The van der Waals surface area contributed by atoms with Crippen LogP contribution < -0.4 is 10.6 Å². The van der Waals surface area contributed by atoms with E-state index < -0.39 is 0 Å². The van der Waals surface area contributed by atoms with Gasteiger partial charge in [0, 0.05) is 19.3 Å². The molecule has 4 heteroatoms. The number of hydrogen-bond donors (Lipinski definition) is 2. The van der Waals surface area contributed by atoms with Gasteiger partial charge in [-0.05, 0) is 32.4 Å². The minimum Gasteiger partial charge on any atom is -0.384 e. The van der Waals surface area contributed by atoms with Crippen molar-refractivity contribution in [1.82, 2.24) is 4.98 Å². The van der Waals surface area contributed by atoms with E-state index in [0.717, 1.165) is 29.2 Å². The van der Waals surface area contributed by atoms with E-state index >= 15 is 0 Å². The Morgan fingerprint density at radius 3 is 2.57 bits per heavy atom. The monoisotopic (exact) mass is 282 g/mol. The molecule has 0 saturated heterocycles. The molecule has 0 amide bonds. The number of nitrogen functional groups attached to an aromatic ring is 1. The molecule has 0 aliphatic carbocycles. The van der Waals surface area contributed by atoms with E-state index in [1.54, 1.807) is 0 Å². The molecule has 0 fully saturated rings. The summed E-state index contributed by atoms with van der Waals surface area (Å²) in [6, 6.07) is 10.4. The quantitative estimate of drug-likeness (QED) is 0.669. The molecule has 3 N–H and O–H groups in total. The summed E-state index contributed by atoms with van der Waals surface area (Å²) >= 11 is 0. The van der Waals surface area contributed by atoms with Gasteiger partial charge in [0.05, 0.1) is 16.9 Å². The number of aromatic nitrogens is 1. The molecule has 4 nitrogen and oxygen atoms in total. The molecule has 110 valence electrons. The normalized spacial score (nSPS) is 10.5. The largest absolute Gasteiger partial charge is 0.384 e. The second-order valence-electron chi connectivity index (χ2n) is 5.50. The van der Waals surface area contributed by atoms with Gasteiger partial charge in [-0.15, -0.1) is 0 Å². The molecule has 0 spiro atoms. The lowest BCUT2D eigenvalue weighted by atomic mass is 10.1. The number of nitrogens with one attached hydrogen (secondary N) is 1. The van der Waals surface area contributed by atoms with E-state index in [2.05, 4.69) is 41.1 Å². The van der Waals surface area contributed by atoms with E-state index in [1.807, 2.05) is 27.0 Å². The van der Waals surface area contributed by atoms with Crippen molar-refractivity contribution in [2.45, 2.75) is 27.3 Å². The van der Waals surface area contributed by atoms with Gasteiger partial charge < -0.3 is 10.6 Å². The van der Waals surface area contributed by atoms with Gasteiger partial charge in [-0.1, -0.05) is 29.8 Å². The molecule has 0 saturated carbocycles. The van der Waals surface area contributed by atoms with Crippen LogP contribution in [0.4, 0.5) is 5.69 Å².